The van der Waals surface area contributed by atoms with Crippen LogP contribution in [0.3, 0.4) is 0 Å². The Balaban J connectivity index is 1.81. The van der Waals surface area contributed by atoms with E-state index >= 15 is 0 Å². The molecule has 0 aromatic heterocycles. The van der Waals surface area contributed by atoms with Crippen molar-refractivity contribution in [3.8, 4) is 5.75 Å². The van der Waals surface area contributed by atoms with Crippen LogP contribution in [0.5, 0.6) is 5.75 Å². The Morgan fingerprint density at radius 2 is 1.86 bits per heavy atom. The monoisotopic (exact) mass is 315 g/mol. The summed E-state index contributed by atoms with van der Waals surface area (Å²) >= 11 is 1.70. The van der Waals surface area contributed by atoms with Gasteiger partial charge in [0.25, 0.3) is 5.91 Å². The van der Waals surface area contributed by atoms with E-state index in [4.69, 9.17) is 4.74 Å². The first-order valence-electron chi connectivity index (χ1n) is 7.18. The lowest BCUT2D eigenvalue weighted by Crippen LogP contribution is -2.28. The molecule has 0 fully saturated rings. The van der Waals surface area contributed by atoms with E-state index in [-0.39, 0.29) is 12.5 Å². The molecule has 1 amide bonds. The molecular formula is C18H21NO2S. The molecule has 0 bridgehead atoms. The van der Waals surface area contributed by atoms with E-state index in [0.717, 1.165) is 22.4 Å². The second-order valence-electron chi connectivity index (χ2n) is 5.18. The van der Waals surface area contributed by atoms with Crippen LogP contribution in [0.2, 0.25) is 0 Å². The molecule has 3 nitrogen and oxygen atoms in total. The van der Waals surface area contributed by atoms with E-state index in [1.54, 1.807) is 11.8 Å². The van der Waals surface area contributed by atoms with Crippen molar-refractivity contribution in [1.82, 2.24) is 5.32 Å². The largest absolute Gasteiger partial charge is 0.483 e. The molecule has 22 heavy (non-hydrogen) atoms. The third kappa shape index (κ3) is 4.81. The Morgan fingerprint density at radius 3 is 2.55 bits per heavy atom. The molecule has 1 N–H and O–H groups in total. The predicted molar refractivity (Wildman–Crippen MR) is 91.5 cm³/mol. The highest BCUT2D eigenvalue weighted by molar-refractivity contribution is 7.98. The Kier molecular flexibility index (Phi) is 5.90. The Hall–Kier alpha value is -1.94. The molecule has 0 saturated carbocycles. The summed E-state index contributed by atoms with van der Waals surface area (Å²) in [5.41, 5.74) is 3.24. The summed E-state index contributed by atoms with van der Waals surface area (Å²) in [6, 6.07) is 14.1. The zero-order valence-electron chi connectivity index (χ0n) is 13.2. The van der Waals surface area contributed by atoms with Gasteiger partial charge in [0.15, 0.2) is 6.61 Å². The van der Waals surface area contributed by atoms with Crippen LogP contribution in [0.4, 0.5) is 0 Å². The van der Waals surface area contributed by atoms with Gasteiger partial charge in [0.2, 0.25) is 0 Å². The summed E-state index contributed by atoms with van der Waals surface area (Å²) in [6.07, 6.45) is 2.04. The molecule has 4 heteroatoms. The van der Waals surface area contributed by atoms with Crippen molar-refractivity contribution in [2.24, 2.45) is 0 Å². The lowest BCUT2D eigenvalue weighted by atomic mass is 10.1. The summed E-state index contributed by atoms with van der Waals surface area (Å²) in [6.45, 7) is 4.53. The zero-order valence-corrected chi connectivity index (χ0v) is 14.0. The predicted octanol–water partition coefficient (Wildman–Crippen LogP) is 3.72. The van der Waals surface area contributed by atoms with Gasteiger partial charge in [-0.2, -0.15) is 0 Å². The van der Waals surface area contributed by atoms with E-state index in [1.165, 1.54) is 4.90 Å². The Bertz CT molecular complexity index is 638. The number of hydrogen-bond acceptors (Lipinski definition) is 3. The molecule has 2 rings (SSSR count). The number of rotatable bonds is 6. The highest BCUT2D eigenvalue weighted by Gasteiger charge is 2.05. The van der Waals surface area contributed by atoms with Crippen molar-refractivity contribution < 1.29 is 9.53 Å². The highest BCUT2D eigenvalue weighted by atomic mass is 32.2. The maximum atomic E-state index is 11.9. The third-order valence-electron chi connectivity index (χ3n) is 3.35. The molecule has 0 unspecified atom stereocenters. The maximum Gasteiger partial charge on any atom is 0.258 e. The molecular weight excluding hydrogens is 294 g/mol. The SMILES string of the molecule is CSc1ccc(CNC(=O)COc2cc(C)ccc2C)cc1. The van der Waals surface area contributed by atoms with Gasteiger partial charge in [-0.15, -0.1) is 11.8 Å². The molecule has 2 aromatic rings. The van der Waals surface area contributed by atoms with E-state index in [1.807, 2.05) is 50.4 Å². The molecule has 0 saturated heterocycles. The van der Waals surface area contributed by atoms with Gasteiger partial charge in [-0.25, -0.2) is 0 Å². The third-order valence-corrected chi connectivity index (χ3v) is 4.09. The summed E-state index contributed by atoms with van der Waals surface area (Å²) in [4.78, 5) is 13.1. The molecule has 0 spiro atoms. The van der Waals surface area contributed by atoms with Crippen molar-refractivity contribution in [2.45, 2.75) is 25.3 Å². The summed E-state index contributed by atoms with van der Waals surface area (Å²) in [7, 11) is 0. The number of thioether (sulfide) groups is 1. The van der Waals surface area contributed by atoms with E-state index < -0.39 is 0 Å². The number of carbonyl (C=O) groups excluding carboxylic acids is 1. The molecule has 0 aliphatic rings. The normalized spacial score (nSPS) is 10.3. The molecule has 0 aliphatic carbocycles. The number of hydrogen-bond donors (Lipinski definition) is 1. The van der Waals surface area contributed by atoms with E-state index in [0.29, 0.717) is 6.54 Å². The minimum atomic E-state index is -0.116. The van der Waals surface area contributed by atoms with Crippen LogP contribution >= 0.6 is 11.8 Å². The average Bonchev–Trinajstić information content (AvgIpc) is 2.54. The highest BCUT2D eigenvalue weighted by Crippen LogP contribution is 2.19. The van der Waals surface area contributed by atoms with Crippen LogP contribution in [-0.2, 0) is 11.3 Å². The molecule has 2 aromatic carbocycles. The molecule has 0 atom stereocenters. The molecule has 0 heterocycles. The summed E-state index contributed by atoms with van der Waals surface area (Å²) in [5.74, 6) is 0.648. The summed E-state index contributed by atoms with van der Waals surface area (Å²) < 4.78 is 5.59. The van der Waals surface area contributed by atoms with Gasteiger partial charge in [-0.1, -0.05) is 24.3 Å². The number of carbonyl (C=O) groups is 1. The van der Waals surface area contributed by atoms with Gasteiger partial charge >= 0.3 is 0 Å². The maximum absolute atomic E-state index is 11.9. The lowest BCUT2D eigenvalue weighted by molar-refractivity contribution is -0.123. The average molecular weight is 315 g/mol. The first-order valence-corrected chi connectivity index (χ1v) is 8.40. The van der Waals surface area contributed by atoms with Crippen LogP contribution in [0.25, 0.3) is 0 Å². The first kappa shape index (κ1) is 16.4. The standard InChI is InChI=1S/C18H21NO2S/c1-13-4-5-14(2)17(10-13)21-12-18(20)19-11-15-6-8-16(22-3)9-7-15/h4-10H,11-12H2,1-3H3,(H,19,20). The van der Waals surface area contributed by atoms with E-state index in [2.05, 4.69) is 17.4 Å². The van der Waals surface area contributed by atoms with Crippen molar-refractivity contribution in [3.63, 3.8) is 0 Å². The number of nitrogens with one attached hydrogen (secondary N) is 1. The van der Waals surface area contributed by atoms with Gasteiger partial charge < -0.3 is 10.1 Å². The summed E-state index contributed by atoms with van der Waals surface area (Å²) in [5, 5.41) is 2.87. The molecule has 116 valence electrons. The van der Waals surface area contributed by atoms with Crippen LogP contribution in [-0.4, -0.2) is 18.8 Å². The van der Waals surface area contributed by atoms with Gasteiger partial charge in [-0.3, -0.25) is 4.79 Å². The van der Waals surface area contributed by atoms with Crippen LogP contribution < -0.4 is 10.1 Å². The number of ether oxygens (including phenoxy) is 1. The van der Waals surface area contributed by atoms with Crippen molar-refractivity contribution in [2.75, 3.05) is 12.9 Å². The van der Waals surface area contributed by atoms with Gasteiger partial charge in [0, 0.05) is 11.4 Å². The Morgan fingerprint density at radius 1 is 1.14 bits per heavy atom. The van der Waals surface area contributed by atoms with Gasteiger partial charge in [0.1, 0.15) is 5.75 Å². The fourth-order valence-corrected chi connectivity index (χ4v) is 2.41. The van der Waals surface area contributed by atoms with Crippen molar-refractivity contribution in [1.29, 1.82) is 0 Å². The number of aryl methyl sites for hydroxylation is 2. The van der Waals surface area contributed by atoms with Gasteiger partial charge in [-0.05, 0) is 55.0 Å². The van der Waals surface area contributed by atoms with Gasteiger partial charge in [0.05, 0.1) is 0 Å². The second kappa shape index (κ2) is 7.90. The van der Waals surface area contributed by atoms with Crippen LogP contribution in [0, 0.1) is 13.8 Å². The second-order valence-corrected chi connectivity index (χ2v) is 6.06. The number of amides is 1. The zero-order chi connectivity index (χ0) is 15.9. The lowest BCUT2D eigenvalue weighted by Gasteiger charge is -2.10. The van der Waals surface area contributed by atoms with Crippen LogP contribution in [0.15, 0.2) is 47.4 Å². The fraction of sp³-hybridized carbons (Fsp3) is 0.278. The number of benzene rings is 2. The van der Waals surface area contributed by atoms with Crippen molar-refractivity contribution >= 4 is 17.7 Å². The quantitative estimate of drug-likeness (QED) is 0.826. The topological polar surface area (TPSA) is 38.3 Å². The smallest absolute Gasteiger partial charge is 0.258 e. The Labute approximate surface area is 136 Å². The first-order chi connectivity index (χ1) is 10.6. The minimum Gasteiger partial charge on any atom is -0.483 e. The van der Waals surface area contributed by atoms with Crippen molar-refractivity contribution in [3.05, 3.63) is 59.2 Å². The van der Waals surface area contributed by atoms with Crippen LogP contribution in [0.1, 0.15) is 16.7 Å². The molecule has 0 aliphatic heterocycles. The molecule has 0 radical (unpaired) electrons. The minimum absolute atomic E-state index is 0.0349. The fourth-order valence-electron chi connectivity index (χ4n) is 2.00. The van der Waals surface area contributed by atoms with E-state index in [9.17, 15) is 4.79 Å².